The molecule has 0 aliphatic heterocycles. The highest BCUT2D eigenvalue weighted by Crippen LogP contribution is 2.24. The Bertz CT molecular complexity index is 586. The Balaban J connectivity index is 1.74. The standard InChI is InChI=1S/C18H24F2N2O2/c1-22(12-13-5-3-2-4-6-13)17(23)9-10-21-18(24)15-8-7-14(19)11-16(15)20/h7-8,11,13H,2-6,9-10,12H2,1H3,(H,21,24). The highest BCUT2D eigenvalue weighted by Gasteiger charge is 2.18. The van der Waals surface area contributed by atoms with E-state index in [4.69, 9.17) is 0 Å². The molecule has 0 spiro atoms. The first-order valence-electron chi connectivity index (χ1n) is 8.44. The third-order valence-electron chi connectivity index (χ3n) is 4.48. The first-order chi connectivity index (χ1) is 11.5. The number of benzene rings is 1. The van der Waals surface area contributed by atoms with Crippen LogP contribution in [0, 0.1) is 17.6 Å². The molecule has 0 atom stereocenters. The zero-order valence-electron chi connectivity index (χ0n) is 14.0. The maximum Gasteiger partial charge on any atom is 0.254 e. The SMILES string of the molecule is CN(CC1CCCCC1)C(=O)CCNC(=O)c1ccc(F)cc1F. The monoisotopic (exact) mass is 338 g/mol. The van der Waals surface area contributed by atoms with Gasteiger partial charge in [0.1, 0.15) is 11.6 Å². The van der Waals surface area contributed by atoms with E-state index in [-0.39, 0.29) is 24.4 Å². The fourth-order valence-electron chi connectivity index (χ4n) is 3.10. The van der Waals surface area contributed by atoms with Crippen molar-refractivity contribution in [1.82, 2.24) is 10.2 Å². The van der Waals surface area contributed by atoms with Crippen LogP contribution >= 0.6 is 0 Å². The van der Waals surface area contributed by atoms with Crippen molar-refractivity contribution in [3.05, 3.63) is 35.4 Å². The zero-order chi connectivity index (χ0) is 17.5. The molecule has 0 heterocycles. The molecular formula is C18H24F2N2O2. The molecule has 0 aromatic heterocycles. The van der Waals surface area contributed by atoms with Gasteiger partial charge in [0, 0.05) is 32.6 Å². The predicted molar refractivity (Wildman–Crippen MR) is 87.5 cm³/mol. The van der Waals surface area contributed by atoms with Crippen LogP contribution in [-0.4, -0.2) is 36.9 Å². The van der Waals surface area contributed by atoms with Crippen LogP contribution in [0.3, 0.4) is 0 Å². The summed E-state index contributed by atoms with van der Waals surface area (Å²) < 4.78 is 26.3. The molecule has 0 saturated heterocycles. The van der Waals surface area contributed by atoms with Gasteiger partial charge in [-0.2, -0.15) is 0 Å². The second-order valence-electron chi connectivity index (χ2n) is 6.41. The molecule has 1 N–H and O–H groups in total. The van der Waals surface area contributed by atoms with E-state index in [1.165, 1.54) is 19.3 Å². The molecule has 1 saturated carbocycles. The number of carbonyl (C=O) groups is 2. The van der Waals surface area contributed by atoms with Gasteiger partial charge in [-0.1, -0.05) is 19.3 Å². The maximum atomic E-state index is 13.5. The van der Waals surface area contributed by atoms with E-state index in [9.17, 15) is 18.4 Å². The number of nitrogens with zero attached hydrogens (tertiary/aromatic N) is 1. The van der Waals surface area contributed by atoms with Crippen molar-refractivity contribution in [1.29, 1.82) is 0 Å². The fourth-order valence-corrected chi connectivity index (χ4v) is 3.10. The number of hydrogen-bond donors (Lipinski definition) is 1. The first-order valence-corrected chi connectivity index (χ1v) is 8.44. The van der Waals surface area contributed by atoms with Gasteiger partial charge in [0.05, 0.1) is 5.56 Å². The predicted octanol–water partition coefficient (Wildman–Crippen LogP) is 3.12. The van der Waals surface area contributed by atoms with Crippen molar-refractivity contribution in [2.45, 2.75) is 38.5 Å². The Kier molecular flexibility index (Phi) is 6.70. The molecule has 0 unspecified atom stereocenters. The molecule has 2 rings (SSSR count). The number of halogens is 2. The van der Waals surface area contributed by atoms with Crippen LogP contribution in [0.5, 0.6) is 0 Å². The van der Waals surface area contributed by atoms with Crippen molar-refractivity contribution >= 4 is 11.8 Å². The smallest absolute Gasteiger partial charge is 0.254 e. The topological polar surface area (TPSA) is 49.4 Å². The van der Waals surface area contributed by atoms with E-state index in [0.29, 0.717) is 12.0 Å². The van der Waals surface area contributed by atoms with Crippen LogP contribution in [0.1, 0.15) is 48.9 Å². The molecular weight excluding hydrogens is 314 g/mol. The average molecular weight is 338 g/mol. The zero-order valence-corrected chi connectivity index (χ0v) is 14.0. The van der Waals surface area contributed by atoms with E-state index in [1.807, 2.05) is 0 Å². The maximum absolute atomic E-state index is 13.5. The third-order valence-corrected chi connectivity index (χ3v) is 4.48. The van der Waals surface area contributed by atoms with Gasteiger partial charge in [-0.3, -0.25) is 9.59 Å². The summed E-state index contributed by atoms with van der Waals surface area (Å²) in [7, 11) is 1.78. The summed E-state index contributed by atoms with van der Waals surface area (Å²) in [5.41, 5.74) is -0.223. The summed E-state index contributed by atoms with van der Waals surface area (Å²) in [6, 6.07) is 2.79. The molecule has 0 radical (unpaired) electrons. The number of amides is 2. The lowest BCUT2D eigenvalue weighted by Crippen LogP contribution is -2.35. The largest absolute Gasteiger partial charge is 0.351 e. The van der Waals surface area contributed by atoms with Gasteiger partial charge in [0.15, 0.2) is 0 Å². The molecule has 1 aliphatic rings. The molecule has 1 aromatic carbocycles. The van der Waals surface area contributed by atoms with Gasteiger partial charge < -0.3 is 10.2 Å². The lowest BCUT2D eigenvalue weighted by atomic mass is 9.89. The van der Waals surface area contributed by atoms with Gasteiger partial charge >= 0.3 is 0 Å². The van der Waals surface area contributed by atoms with Crippen molar-refractivity contribution < 1.29 is 18.4 Å². The Morgan fingerprint density at radius 2 is 1.92 bits per heavy atom. The van der Waals surface area contributed by atoms with E-state index in [1.54, 1.807) is 11.9 Å². The first kappa shape index (κ1) is 18.4. The fraction of sp³-hybridized carbons (Fsp3) is 0.556. The van der Waals surface area contributed by atoms with E-state index >= 15 is 0 Å². The molecule has 4 nitrogen and oxygen atoms in total. The summed E-state index contributed by atoms with van der Waals surface area (Å²) >= 11 is 0. The number of nitrogens with one attached hydrogen (secondary N) is 1. The summed E-state index contributed by atoms with van der Waals surface area (Å²) in [4.78, 5) is 25.7. The van der Waals surface area contributed by atoms with Gasteiger partial charge in [-0.05, 0) is 30.9 Å². The minimum Gasteiger partial charge on any atom is -0.351 e. The van der Waals surface area contributed by atoms with Crippen molar-refractivity contribution in [3.63, 3.8) is 0 Å². The molecule has 1 fully saturated rings. The molecule has 1 aromatic rings. The third kappa shape index (κ3) is 5.28. The van der Waals surface area contributed by atoms with E-state index in [0.717, 1.165) is 31.5 Å². The molecule has 24 heavy (non-hydrogen) atoms. The summed E-state index contributed by atoms with van der Waals surface area (Å²) in [5.74, 6) is -1.76. The van der Waals surface area contributed by atoms with Crippen LogP contribution in [-0.2, 0) is 4.79 Å². The molecule has 132 valence electrons. The van der Waals surface area contributed by atoms with E-state index < -0.39 is 17.5 Å². The Morgan fingerprint density at radius 1 is 1.21 bits per heavy atom. The quantitative estimate of drug-likeness (QED) is 0.866. The Morgan fingerprint density at radius 3 is 2.58 bits per heavy atom. The molecule has 2 amide bonds. The Labute approximate surface area is 141 Å². The summed E-state index contributed by atoms with van der Waals surface area (Å²) in [6.45, 7) is 0.878. The molecule has 6 heteroatoms. The highest BCUT2D eigenvalue weighted by atomic mass is 19.1. The number of hydrogen-bond acceptors (Lipinski definition) is 2. The second-order valence-corrected chi connectivity index (χ2v) is 6.41. The van der Waals surface area contributed by atoms with Crippen LogP contribution in [0.2, 0.25) is 0 Å². The highest BCUT2D eigenvalue weighted by molar-refractivity contribution is 5.94. The van der Waals surface area contributed by atoms with Crippen LogP contribution in [0.25, 0.3) is 0 Å². The van der Waals surface area contributed by atoms with Crippen LogP contribution in [0.15, 0.2) is 18.2 Å². The second kappa shape index (κ2) is 8.76. The van der Waals surface area contributed by atoms with Crippen molar-refractivity contribution in [2.24, 2.45) is 5.92 Å². The molecule has 0 bridgehead atoms. The van der Waals surface area contributed by atoms with Gasteiger partial charge in [0.25, 0.3) is 5.91 Å². The van der Waals surface area contributed by atoms with Crippen molar-refractivity contribution in [3.8, 4) is 0 Å². The van der Waals surface area contributed by atoms with Crippen LogP contribution < -0.4 is 5.32 Å². The van der Waals surface area contributed by atoms with Crippen molar-refractivity contribution in [2.75, 3.05) is 20.1 Å². The number of rotatable bonds is 6. The summed E-state index contributed by atoms with van der Waals surface area (Å²) in [6.07, 6.45) is 6.23. The lowest BCUT2D eigenvalue weighted by Gasteiger charge is -2.27. The number of carbonyl (C=O) groups excluding carboxylic acids is 2. The van der Waals surface area contributed by atoms with Gasteiger partial charge in [-0.15, -0.1) is 0 Å². The molecule has 1 aliphatic carbocycles. The average Bonchev–Trinajstić information content (AvgIpc) is 2.55. The Hall–Kier alpha value is -1.98. The minimum absolute atomic E-state index is 0.0412. The van der Waals surface area contributed by atoms with Crippen LogP contribution in [0.4, 0.5) is 8.78 Å². The van der Waals surface area contributed by atoms with E-state index in [2.05, 4.69) is 5.32 Å². The normalized spacial score (nSPS) is 15.1. The summed E-state index contributed by atoms with van der Waals surface area (Å²) in [5, 5.41) is 2.50. The van der Waals surface area contributed by atoms with Gasteiger partial charge in [-0.25, -0.2) is 8.78 Å². The lowest BCUT2D eigenvalue weighted by molar-refractivity contribution is -0.130. The van der Waals surface area contributed by atoms with Gasteiger partial charge in [0.2, 0.25) is 5.91 Å². The minimum atomic E-state index is -0.909.